The van der Waals surface area contributed by atoms with Gasteiger partial charge in [0.1, 0.15) is 0 Å². The van der Waals surface area contributed by atoms with Crippen molar-refractivity contribution >= 4 is 56.9 Å². The molecule has 2 heterocycles. The third kappa shape index (κ3) is 9.48. The molecular formula is C31H37F4N4NaO6. The van der Waals surface area contributed by atoms with Gasteiger partial charge in [0.2, 0.25) is 0 Å². The fourth-order valence-corrected chi connectivity index (χ4v) is 5.99. The van der Waals surface area contributed by atoms with E-state index in [1.165, 1.54) is 19.2 Å². The van der Waals surface area contributed by atoms with Crippen LogP contribution in [0.1, 0.15) is 28.3 Å². The molecule has 0 radical (unpaired) electrons. The molecule has 1 saturated heterocycles. The Kier molecular flexibility index (Phi) is 14.6. The van der Waals surface area contributed by atoms with Crippen molar-refractivity contribution in [2.45, 2.75) is 23.3 Å². The van der Waals surface area contributed by atoms with E-state index in [1.807, 2.05) is 29.2 Å². The summed E-state index contributed by atoms with van der Waals surface area (Å²) in [7, 11) is 3.05. The van der Waals surface area contributed by atoms with Crippen LogP contribution in [0.3, 0.4) is 0 Å². The van der Waals surface area contributed by atoms with Crippen molar-refractivity contribution in [1.29, 1.82) is 0 Å². The fourth-order valence-electron chi connectivity index (χ4n) is 5.02. The summed E-state index contributed by atoms with van der Waals surface area (Å²) in [6.45, 7) is 5.41. The zero-order valence-corrected chi connectivity index (χ0v) is 28.3. The number of para-hydroxylation sites is 1. The molecule has 2 aliphatic rings. The van der Waals surface area contributed by atoms with E-state index in [0.29, 0.717) is 71.4 Å². The van der Waals surface area contributed by atoms with Crippen LogP contribution in [0.2, 0.25) is 0 Å². The maximum Gasteiger partial charge on any atom is -0.412 e. The molecule has 46 heavy (non-hydrogen) atoms. The molecule has 10 nitrogen and oxygen atoms in total. The maximum absolute atomic E-state index is 14.9. The number of methoxy groups -OCH3 is 2. The second-order valence-corrected chi connectivity index (χ2v) is 11.1. The van der Waals surface area contributed by atoms with E-state index in [4.69, 9.17) is 29.5 Å². The Morgan fingerprint density at radius 3 is 2.15 bits per heavy atom. The molecule has 4 N–H and O–H groups in total. The molecule has 0 spiro atoms. The first-order chi connectivity index (χ1) is 21.4. The molecule has 3 aromatic rings. The summed E-state index contributed by atoms with van der Waals surface area (Å²) in [6.07, 6.45) is -4.53. The number of halogens is 4. The Morgan fingerprint density at radius 1 is 1.00 bits per heavy atom. The standard InChI is InChI=1S/C27H25F4N4O2.C2H4O2.C2H6O.Na.H2O/c1-36-21-7-4-6-20(16-21)33-11-13-34(14-12-33)26-32-25-18(5-3-8-22(25)28)17-35(26)23-15-19(27(29,30)31)9-10-24(23)37-2;1-2(3)4;1-2-3;;/h3-10,15-17H,11-14H2,1-2H3;1H3,(H,3,4);3H,2H2,1H3;;1H2. The zero-order chi connectivity index (χ0) is 33.3. The monoisotopic (exact) mass is 660 g/mol. The van der Waals surface area contributed by atoms with Crippen molar-refractivity contribution in [2.75, 3.05) is 56.8 Å². The van der Waals surface area contributed by atoms with Crippen molar-refractivity contribution < 1.29 is 47.5 Å². The Balaban J connectivity index is 0.000000841. The van der Waals surface area contributed by atoms with Crippen LogP contribution in [0, 0.1) is 5.82 Å². The molecule has 1 fully saturated rings. The number of nitrogens with zero attached hydrogens (tertiary/aromatic N) is 4. The van der Waals surface area contributed by atoms with Crippen molar-refractivity contribution in [3.05, 3.63) is 77.6 Å². The molecule has 1 atom stereocenters. The normalized spacial score (nSPS) is 15.6. The van der Waals surface area contributed by atoms with Gasteiger partial charge in [0.15, 0.2) is 0 Å². The van der Waals surface area contributed by atoms with E-state index in [0.717, 1.165) is 30.5 Å². The number of benzene rings is 3. The molecule has 15 heteroatoms. The number of guanidine groups is 1. The third-order valence-electron chi connectivity index (χ3n) is 7.03. The van der Waals surface area contributed by atoms with E-state index >= 15 is 0 Å². The number of aliphatic hydroxyl groups is 1. The van der Waals surface area contributed by atoms with E-state index in [2.05, 4.69) is 4.90 Å². The number of carbonyl (C=O) groups is 1. The number of piperazine rings is 1. The first-order valence-corrected chi connectivity index (χ1v) is 15.4. The van der Waals surface area contributed by atoms with Gasteiger partial charge in [-0.15, -0.1) is 0 Å². The average molecular weight is 661 g/mol. The number of rotatable bonds is 4. The van der Waals surface area contributed by atoms with Crippen molar-refractivity contribution in [1.82, 2.24) is 4.90 Å². The summed E-state index contributed by atoms with van der Waals surface area (Å²) in [5, 5.41) is 15.0. The quantitative estimate of drug-likeness (QED) is 0.307. The van der Waals surface area contributed by atoms with Crippen LogP contribution >= 0.6 is 0 Å². The van der Waals surface area contributed by atoms with E-state index in [9.17, 15) is 17.6 Å². The van der Waals surface area contributed by atoms with Crippen molar-refractivity contribution in [2.24, 2.45) is 4.99 Å². The second kappa shape index (κ2) is 17.4. The summed E-state index contributed by atoms with van der Waals surface area (Å²) < 4.78 is 66.5. The Hall–Kier alpha value is -3.56. The number of anilines is 2. The largest absolute Gasteiger partial charge is 0.412 e. The smallest absolute Gasteiger partial charge is 0.412 e. The molecule has 0 aromatic heterocycles. The molecule has 0 amide bonds. The molecule has 246 valence electrons. The average Bonchev–Trinajstić information content (AvgIpc) is 3.01. The van der Waals surface area contributed by atoms with Crippen LogP contribution in [0.25, 0.3) is 0 Å². The molecule has 5 rings (SSSR count). The summed E-state index contributed by atoms with van der Waals surface area (Å²) in [6, 6.07) is 16.0. The molecule has 0 aliphatic carbocycles. The van der Waals surface area contributed by atoms with Gasteiger partial charge in [0, 0.05) is 13.5 Å². The summed E-state index contributed by atoms with van der Waals surface area (Å²) in [4.78, 5) is 19.7. The topological polar surface area (TPSA) is 130 Å². The van der Waals surface area contributed by atoms with Crippen molar-refractivity contribution in [3.63, 3.8) is 0 Å². The molecule has 2 aliphatic heterocycles. The number of carboxylic acid groups (broad SMARTS) is 1. The number of aliphatic imine (C=N–C) groups is 1. The fraction of sp³-hybridized carbons (Fsp3) is 0.355. The van der Waals surface area contributed by atoms with Crippen LogP contribution < -0.4 is 19.3 Å². The van der Waals surface area contributed by atoms with Gasteiger partial charge in [0.25, 0.3) is 5.97 Å². The van der Waals surface area contributed by atoms with Crippen LogP contribution in [0.4, 0.5) is 34.6 Å². The minimum atomic E-state index is -4.53. The number of hydrogen-bond donors (Lipinski definition) is 2. The number of alkyl halides is 3. The molecule has 0 saturated carbocycles. The molecular weight excluding hydrogens is 623 g/mol. The predicted molar refractivity (Wildman–Crippen MR) is 169 cm³/mol. The van der Waals surface area contributed by atoms with Crippen molar-refractivity contribution in [3.8, 4) is 11.5 Å². The first kappa shape index (κ1) is 38.6. The van der Waals surface area contributed by atoms with Gasteiger partial charge in [0.05, 0.1) is 0 Å². The van der Waals surface area contributed by atoms with E-state index in [1.54, 1.807) is 31.1 Å². The number of aliphatic hydroxyl groups excluding tert-OH is 1. The Labute approximate surface area is 282 Å². The maximum atomic E-state index is 14.9. The van der Waals surface area contributed by atoms with Gasteiger partial charge in [-0.25, -0.2) is 0 Å². The number of ether oxygens (including phenoxy) is 2. The van der Waals surface area contributed by atoms with Gasteiger partial charge < -0.3 is 15.7 Å². The van der Waals surface area contributed by atoms with Gasteiger partial charge in [-0.1, -0.05) is 0 Å². The second-order valence-electron chi connectivity index (χ2n) is 10.0. The summed E-state index contributed by atoms with van der Waals surface area (Å²) in [5.41, 5.74) is 1.37. The van der Waals surface area contributed by atoms with E-state index in [-0.39, 0.29) is 26.7 Å². The van der Waals surface area contributed by atoms with Crippen LogP contribution in [-0.2, 0) is 11.0 Å². The zero-order valence-electron chi connectivity index (χ0n) is 26.3. The summed E-state index contributed by atoms with van der Waals surface area (Å²) >= 11 is 0.505. The molecule has 0 bridgehead atoms. The SMILES string of the molecule is CC(=O)O.CCO.COc1cccc(N2CCN(C3=Nc4c(F)cccc4[C@H]([Na])N3c3cc(C(F)(F)F)ccc3OC)CC2)c1.O. The van der Waals surface area contributed by atoms with Gasteiger partial charge in [-0.2, -0.15) is 0 Å². The molecule has 3 aromatic carbocycles. The van der Waals surface area contributed by atoms with Gasteiger partial charge in [-0.05, 0) is 6.92 Å². The summed E-state index contributed by atoms with van der Waals surface area (Å²) in [5.74, 6) is 0.189. The minimum Gasteiger partial charge on any atom is -0.412 e. The Bertz CT molecular complexity index is 1480. The third-order valence-corrected chi connectivity index (χ3v) is 8.17. The Morgan fingerprint density at radius 2 is 1.59 bits per heavy atom. The van der Waals surface area contributed by atoms with Gasteiger partial charge in [-0.3, -0.25) is 4.79 Å². The van der Waals surface area contributed by atoms with Crippen LogP contribution in [0.5, 0.6) is 11.5 Å². The number of carboxylic acids is 1. The number of fused-ring (bicyclic) bond motifs is 1. The predicted octanol–water partition coefficient (Wildman–Crippen LogP) is 4.62. The number of hydrogen-bond acceptors (Lipinski definition) is 8. The van der Waals surface area contributed by atoms with Gasteiger partial charge >= 0.3 is 237 Å². The van der Waals surface area contributed by atoms with Crippen LogP contribution in [-0.4, -0.2) is 107 Å². The van der Waals surface area contributed by atoms with Crippen LogP contribution in [0.15, 0.2) is 65.7 Å². The minimum absolute atomic E-state index is 0. The number of aliphatic carboxylic acids is 1. The molecule has 0 unspecified atom stereocenters. The van der Waals surface area contributed by atoms with E-state index < -0.39 is 23.5 Å². The first-order valence-electron chi connectivity index (χ1n) is 14.2.